The summed E-state index contributed by atoms with van der Waals surface area (Å²) < 4.78 is 17.1. The summed E-state index contributed by atoms with van der Waals surface area (Å²) in [6, 6.07) is 12.2. The first-order valence-corrected chi connectivity index (χ1v) is 9.44. The van der Waals surface area contributed by atoms with Crippen LogP contribution in [0.3, 0.4) is 0 Å². The molecule has 0 saturated heterocycles. The molecule has 0 unspecified atom stereocenters. The molecule has 0 aromatic heterocycles. The Morgan fingerprint density at radius 1 is 1.23 bits per heavy atom. The third kappa shape index (κ3) is 4.43. The Hall–Kier alpha value is -1.91. The minimum absolute atomic E-state index is 0.111. The second-order valence-electron chi connectivity index (χ2n) is 6.73. The monoisotopic (exact) mass is 375 g/mol. The summed E-state index contributed by atoms with van der Waals surface area (Å²) in [6.07, 6.45) is 2.12. The molecule has 4 nitrogen and oxygen atoms in total. The van der Waals surface area contributed by atoms with Gasteiger partial charge >= 0.3 is 0 Å². The van der Waals surface area contributed by atoms with E-state index in [1.54, 1.807) is 7.11 Å². The maximum atomic E-state index is 6.31. The van der Waals surface area contributed by atoms with Crippen LogP contribution in [0, 0.1) is 0 Å². The average Bonchev–Trinajstić information content (AvgIpc) is 2.83. The van der Waals surface area contributed by atoms with Crippen LogP contribution in [0.15, 0.2) is 36.4 Å². The van der Waals surface area contributed by atoms with Gasteiger partial charge in [-0.05, 0) is 50.5 Å². The molecule has 1 heterocycles. The number of nitrogens with one attached hydrogen (secondary N) is 1. The molecule has 1 atom stereocenters. The molecule has 0 bridgehead atoms. The van der Waals surface area contributed by atoms with Gasteiger partial charge in [0.25, 0.3) is 0 Å². The average molecular weight is 376 g/mol. The number of halogens is 1. The van der Waals surface area contributed by atoms with Crippen molar-refractivity contribution in [1.29, 1.82) is 0 Å². The first-order valence-electron chi connectivity index (χ1n) is 9.06. The minimum Gasteiger partial charge on any atom is -0.493 e. The Kier molecular flexibility index (Phi) is 6.28. The lowest BCUT2D eigenvalue weighted by Crippen LogP contribution is -2.20. The van der Waals surface area contributed by atoms with Crippen LogP contribution in [0.1, 0.15) is 43.9 Å². The van der Waals surface area contributed by atoms with Gasteiger partial charge in [-0.15, -0.1) is 0 Å². The second kappa shape index (κ2) is 8.65. The highest BCUT2D eigenvalue weighted by Crippen LogP contribution is 2.37. The molecule has 0 radical (unpaired) electrons. The quantitative estimate of drug-likeness (QED) is 0.758. The third-order valence-electron chi connectivity index (χ3n) is 4.40. The van der Waals surface area contributed by atoms with Crippen LogP contribution < -0.4 is 19.5 Å². The molecule has 26 heavy (non-hydrogen) atoms. The molecule has 1 N–H and O–H groups in total. The van der Waals surface area contributed by atoms with Crippen molar-refractivity contribution in [1.82, 2.24) is 5.32 Å². The van der Waals surface area contributed by atoms with Crippen molar-refractivity contribution in [2.75, 3.05) is 13.7 Å². The summed E-state index contributed by atoms with van der Waals surface area (Å²) >= 11 is 6.31. The standard InChI is InChI=1S/C21H26ClNO3/c1-14(2)26-19-10-9-15(12-20(19)24-3)13-23-18-8-5-11-25-21-16(18)6-4-7-17(21)22/h4,6-7,9-10,12,14,18,23H,5,8,11,13H2,1-3H3/t18-/m0/s1. The highest BCUT2D eigenvalue weighted by molar-refractivity contribution is 6.32. The number of hydrogen-bond acceptors (Lipinski definition) is 4. The van der Waals surface area contributed by atoms with Crippen molar-refractivity contribution >= 4 is 11.6 Å². The molecule has 0 aliphatic carbocycles. The number of fused-ring (bicyclic) bond motifs is 1. The fraction of sp³-hybridized carbons (Fsp3) is 0.429. The number of methoxy groups -OCH3 is 1. The Balaban J connectivity index is 1.74. The number of para-hydroxylation sites is 1. The van der Waals surface area contributed by atoms with Gasteiger partial charge in [-0.25, -0.2) is 0 Å². The minimum atomic E-state index is 0.111. The van der Waals surface area contributed by atoms with E-state index in [1.807, 2.05) is 38.1 Å². The van der Waals surface area contributed by atoms with Crippen molar-refractivity contribution in [2.45, 2.75) is 45.4 Å². The van der Waals surface area contributed by atoms with E-state index in [4.69, 9.17) is 25.8 Å². The molecule has 0 spiro atoms. The van der Waals surface area contributed by atoms with Gasteiger partial charge in [-0.1, -0.05) is 29.8 Å². The van der Waals surface area contributed by atoms with Crippen molar-refractivity contribution in [3.8, 4) is 17.2 Å². The van der Waals surface area contributed by atoms with Gasteiger partial charge in [0.05, 0.1) is 24.8 Å². The van der Waals surface area contributed by atoms with E-state index in [0.29, 0.717) is 11.6 Å². The highest BCUT2D eigenvalue weighted by atomic mass is 35.5. The van der Waals surface area contributed by atoms with Gasteiger partial charge in [-0.2, -0.15) is 0 Å². The normalized spacial score (nSPS) is 16.6. The van der Waals surface area contributed by atoms with Crippen LogP contribution >= 0.6 is 11.6 Å². The van der Waals surface area contributed by atoms with E-state index in [-0.39, 0.29) is 12.1 Å². The van der Waals surface area contributed by atoms with Gasteiger partial charge in [0.2, 0.25) is 0 Å². The first-order chi connectivity index (χ1) is 12.6. The van der Waals surface area contributed by atoms with Crippen molar-refractivity contribution in [3.63, 3.8) is 0 Å². The highest BCUT2D eigenvalue weighted by Gasteiger charge is 2.21. The topological polar surface area (TPSA) is 39.7 Å². The molecule has 0 fully saturated rings. The largest absolute Gasteiger partial charge is 0.493 e. The molecule has 1 aliphatic heterocycles. The van der Waals surface area contributed by atoms with Crippen molar-refractivity contribution < 1.29 is 14.2 Å². The lowest BCUT2D eigenvalue weighted by atomic mass is 10.0. The first kappa shape index (κ1) is 18.9. The zero-order chi connectivity index (χ0) is 18.5. The van der Waals surface area contributed by atoms with Gasteiger partial charge in [0, 0.05) is 18.2 Å². The molecule has 140 valence electrons. The lowest BCUT2D eigenvalue weighted by molar-refractivity contribution is 0.230. The zero-order valence-corrected chi connectivity index (χ0v) is 16.3. The Morgan fingerprint density at radius 3 is 2.85 bits per heavy atom. The predicted octanol–water partition coefficient (Wildman–Crippen LogP) is 5.14. The van der Waals surface area contributed by atoms with Crippen molar-refractivity contribution in [3.05, 3.63) is 52.5 Å². The van der Waals surface area contributed by atoms with E-state index in [0.717, 1.165) is 47.8 Å². The molecule has 0 amide bonds. The van der Waals surface area contributed by atoms with E-state index in [9.17, 15) is 0 Å². The van der Waals surface area contributed by atoms with E-state index >= 15 is 0 Å². The molecule has 5 heteroatoms. The second-order valence-corrected chi connectivity index (χ2v) is 7.14. The van der Waals surface area contributed by atoms with Gasteiger partial charge in [0.15, 0.2) is 11.5 Å². The molecule has 1 aliphatic rings. The Bertz CT molecular complexity index is 748. The maximum absolute atomic E-state index is 6.31. The van der Waals surface area contributed by atoms with Crippen LogP contribution in [-0.4, -0.2) is 19.8 Å². The molecule has 3 rings (SSSR count). The van der Waals surface area contributed by atoms with Gasteiger partial charge in [0.1, 0.15) is 5.75 Å². The molecular formula is C21H26ClNO3. The number of rotatable bonds is 6. The third-order valence-corrected chi connectivity index (χ3v) is 4.70. The maximum Gasteiger partial charge on any atom is 0.161 e. The predicted molar refractivity (Wildman–Crippen MR) is 105 cm³/mol. The zero-order valence-electron chi connectivity index (χ0n) is 15.5. The van der Waals surface area contributed by atoms with E-state index < -0.39 is 0 Å². The SMILES string of the molecule is COc1cc(CN[C@H]2CCCOc3c(Cl)cccc32)ccc1OC(C)C. The Labute approximate surface area is 160 Å². The fourth-order valence-corrected chi connectivity index (χ4v) is 3.43. The summed E-state index contributed by atoms with van der Waals surface area (Å²) in [7, 11) is 1.67. The summed E-state index contributed by atoms with van der Waals surface area (Å²) in [5, 5.41) is 4.31. The van der Waals surface area contributed by atoms with Crippen LogP contribution in [0.25, 0.3) is 0 Å². The van der Waals surface area contributed by atoms with Crippen LogP contribution in [-0.2, 0) is 6.54 Å². The number of hydrogen-bond donors (Lipinski definition) is 1. The van der Waals surface area contributed by atoms with Gasteiger partial charge < -0.3 is 19.5 Å². The molecular weight excluding hydrogens is 350 g/mol. The number of benzene rings is 2. The lowest BCUT2D eigenvalue weighted by Gasteiger charge is -2.20. The molecule has 2 aromatic rings. The smallest absolute Gasteiger partial charge is 0.161 e. The fourth-order valence-electron chi connectivity index (χ4n) is 3.20. The Morgan fingerprint density at radius 2 is 2.08 bits per heavy atom. The van der Waals surface area contributed by atoms with Gasteiger partial charge in [-0.3, -0.25) is 0 Å². The van der Waals surface area contributed by atoms with Crippen LogP contribution in [0.2, 0.25) is 5.02 Å². The molecule has 2 aromatic carbocycles. The van der Waals surface area contributed by atoms with Crippen molar-refractivity contribution in [2.24, 2.45) is 0 Å². The number of ether oxygens (including phenoxy) is 3. The summed E-state index contributed by atoms with van der Waals surface area (Å²) in [4.78, 5) is 0. The van der Waals surface area contributed by atoms with Crippen LogP contribution in [0.5, 0.6) is 17.2 Å². The molecule has 0 saturated carbocycles. The van der Waals surface area contributed by atoms with E-state index in [2.05, 4.69) is 17.4 Å². The summed E-state index contributed by atoms with van der Waals surface area (Å²) in [5.74, 6) is 2.33. The summed E-state index contributed by atoms with van der Waals surface area (Å²) in [6.45, 7) is 5.44. The van der Waals surface area contributed by atoms with Crippen LogP contribution in [0.4, 0.5) is 0 Å². The van der Waals surface area contributed by atoms with E-state index in [1.165, 1.54) is 0 Å². The summed E-state index contributed by atoms with van der Waals surface area (Å²) in [5.41, 5.74) is 2.27.